The van der Waals surface area contributed by atoms with E-state index in [0.29, 0.717) is 12.2 Å². The first-order valence-electron chi connectivity index (χ1n) is 7.63. The van der Waals surface area contributed by atoms with Crippen LogP contribution >= 0.6 is 22.6 Å². The first-order chi connectivity index (χ1) is 10.9. The fourth-order valence-electron chi connectivity index (χ4n) is 2.26. The second-order valence-corrected chi connectivity index (χ2v) is 8.51. The molecule has 0 unspecified atom stereocenters. The lowest BCUT2D eigenvalue weighted by Crippen LogP contribution is -2.05. The summed E-state index contributed by atoms with van der Waals surface area (Å²) in [6.45, 7) is 6.90. The largest absolute Gasteiger partial charge is 0.494 e. The van der Waals surface area contributed by atoms with E-state index in [1.807, 2.05) is 25.1 Å². The number of carbonyl (C=O) groups excluding carboxylic acids is 1. The molecule has 2 aromatic carbocycles. The lowest BCUT2D eigenvalue weighted by atomic mass is 10.00. The van der Waals surface area contributed by atoms with Gasteiger partial charge in [-0.05, 0) is 55.7 Å². The number of alkyl halides is 1. The zero-order chi connectivity index (χ0) is 16.9. The lowest BCUT2D eigenvalue weighted by molar-refractivity contribution is 0.112. The van der Waals surface area contributed by atoms with Crippen LogP contribution in [0.3, 0.4) is 0 Å². The van der Waals surface area contributed by atoms with E-state index in [1.54, 1.807) is 6.07 Å². The van der Waals surface area contributed by atoms with Crippen LogP contribution in [0.25, 0.3) is 12.2 Å². The molecule has 0 saturated carbocycles. The van der Waals surface area contributed by atoms with Crippen molar-refractivity contribution in [1.82, 2.24) is 0 Å². The van der Waals surface area contributed by atoms with Crippen molar-refractivity contribution in [3.05, 3.63) is 64.7 Å². The van der Waals surface area contributed by atoms with E-state index in [0.717, 1.165) is 23.2 Å². The Kier molecular flexibility index (Phi) is 5.99. The third-order valence-corrected chi connectivity index (χ3v) is 4.06. The van der Waals surface area contributed by atoms with Gasteiger partial charge in [-0.1, -0.05) is 59.0 Å². The maximum absolute atomic E-state index is 11.1. The van der Waals surface area contributed by atoms with Crippen LogP contribution in [0, 0.1) is 0 Å². The van der Waals surface area contributed by atoms with Gasteiger partial charge in [-0.3, -0.25) is 4.79 Å². The van der Waals surface area contributed by atoms with Crippen LogP contribution in [-0.4, -0.2) is 12.9 Å². The molecular weight excluding hydrogens is 399 g/mol. The predicted molar refractivity (Wildman–Crippen MR) is 105 cm³/mol. The Morgan fingerprint density at radius 1 is 1.04 bits per heavy atom. The molecule has 120 valence electrons. The lowest BCUT2D eigenvalue weighted by Gasteiger charge is -2.17. The summed E-state index contributed by atoms with van der Waals surface area (Å²) in [5.41, 5.74) is 4.01. The van der Waals surface area contributed by atoms with E-state index in [-0.39, 0.29) is 3.42 Å². The molecule has 0 N–H and O–H groups in total. The smallest absolute Gasteiger partial charge is 0.150 e. The van der Waals surface area contributed by atoms with Gasteiger partial charge in [0.15, 0.2) is 0 Å². The Labute approximate surface area is 151 Å². The number of hydrogen-bond donors (Lipinski definition) is 0. The van der Waals surface area contributed by atoms with Crippen molar-refractivity contribution in [1.29, 1.82) is 0 Å². The van der Waals surface area contributed by atoms with E-state index >= 15 is 0 Å². The van der Waals surface area contributed by atoms with Crippen molar-refractivity contribution in [2.45, 2.75) is 24.2 Å². The van der Waals surface area contributed by atoms with Crippen LogP contribution in [0.5, 0.6) is 5.75 Å². The van der Waals surface area contributed by atoms with Gasteiger partial charge in [0.1, 0.15) is 12.0 Å². The van der Waals surface area contributed by atoms with E-state index in [9.17, 15) is 4.79 Å². The normalized spacial score (nSPS) is 11.7. The number of ether oxygens (including phenoxy) is 1. The van der Waals surface area contributed by atoms with Gasteiger partial charge in [0.25, 0.3) is 0 Å². The average molecular weight is 420 g/mol. The summed E-state index contributed by atoms with van der Waals surface area (Å²) in [7, 11) is 0. The van der Waals surface area contributed by atoms with Crippen molar-refractivity contribution in [3.63, 3.8) is 0 Å². The molecule has 0 aliphatic heterocycles. The van der Waals surface area contributed by atoms with Crippen molar-refractivity contribution in [2.24, 2.45) is 0 Å². The van der Waals surface area contributed by atoms with Crippen molar-refractivity contribution >= 4 is 41.0 Å². The minimum absolute atomic E-state index is 0.0984. The molecule has 0 aromatic heterocycles. The number of benzene rings is 2. The predicted octanol–water partition coefficient (Wildman–Crippen LogP) is 5.74. The number of rotatable bonds is 6. The summed E-state index contributed by atoms with van der Waals surface area (Å²) in [5.74, 6) is 0.721. The van der Waals surface area contributed by atoms with Crippen molar-refractivity contribution in [2.75, 3.05) is 6.61 Å². The van der Waals surface area contributed by atoms with E-state index in [4.69, 9.17) is 4.74 Å². The monoisotopic (exact) mass is 420 g/mol. The molecule has 2 aromatic rings. The Hall–Kier alpha value is -1.62. The van der Waals surface area contributed by atoms with E-state index in [1.165, 1.54) is 5.56 Å². The molecular formula is C20H21IO2. The molecule has 0 saturated heterocycles. The van der Waals surface area contributed by atoms with Crippen molar-refractivity contribution in [3.8, 4) is 5.75 Å². The maximum atomic E-state index is 11.1. The highest BCUT2D eigenvalue weighted by molar-refractivity contribution is 14.1. The van der Waals surface area contributed by atoms with Crippen LogP contribution in [-0.2, 0) is 3.42 Å². The fraction of sp³-hybridized carbons (Fsp3) is 0.250. The number of aldehydes is 1. The van der Waals surface area contributed by atoms with Gasteiger partial charge in [0.2, 0.25) is 0 Å². The number of carbonyl (C=O) groups is 1. The molecule has 2 rings (SSSR count). The zero-order valence-electron chi connectivity index (χ0n) is 13.7. The Morgan fingerprint density at radius 2 is 1.74 bits per heavy atom. The quantitative estimate of drug-likeness (QED) is 0.258. The molecule has 0 heterocycles. The van der Waals surface area contributed by atoms with Crippen LogP contribution in [0.15, 0.2) is 42.5 Å². The standard InChI is InChI=1S/C20H21IO2/c1-4-23-19-12-16(10-17(13-19)14-22)9-8-15-6-5-7-18(11-15)20(2,3)21/h5-14H,4H2,1-3H3/b9-8+. The van der Waals surface area contributed by atoms with E-state index < -0.39 is 0 Å². The first kappa shape index (κ1) is 17.7. The molecule has 0 radical (unpaired) electrons. The van der Waals surface area contributed by atoms with Gasteiger partial charge in [-0.25, -0.2) is 0 Å². The molecule has 3 heteroatoms. The third kappa shape index (κ3) is 5.20. The summed E-state index contributed by atoms with van der Waals surface area (Å²) in [6.07, 6.45) is 4.92. The summed E-state index contributed by atoms with van der Waals surface area (Å²) in [4.78, 5) is 11.1. The van der Waals surface area contributed by atoms with Gasteiger partial charge < -0.3 is 4.74 Å². The second-order valence-electron chi connectivity index (χ2n) is 5.82. The Morgan fingerprint density at radius 3 is 2.39 bits per heavy atom. The van der Waals surface area contributed by atoms with E-state index in [2.05, 4.69) is 66.8 Å². The molecule has 0 aliphatic carbocycles. The summed E-state index contributed by atoms with van der Waals surface area (Å²) in [6, 6.07) is 14.0. The summed E-state index contributed by atoms with van der Waals surface area (Å²) in [5, 5.41) is 0. The van der Waals surface area contributed by atoms with Gasteiger partial charge in [0, 0.05) is 8.99 Å². The highest BCUT2D eigenvalue weighted by atomic mass is 127. The number of halogens is 1. The van der Waals surface area contributed by atoms with Gasteiger partial charge in [0.05, 0.1) is 6.61 Å². The molecule has 0 amide bonds. The molecule has 0 aliphatic rings. The van der Waals surface area contributed by atoms with Crippen LogP contribution in [0.4, 0.5) is 0 Å². The van der Waals surface area contributed by atoms with Gasteiger partial charge in [-0.2, -0.15) is 0 Å². The molecule has 0 atom stereocenters. The Balaban J connectivity index is 2.29. The molecule has 23 heavy (non-hydrogen) atoms. The highest BCUT2D eigenvalue weighted by Gasteiger charge is 2.15. The van der Waals surface area contributed by atoms with Crippen LogP contribution in [0.2, 0.25) is 0 Å². The SMILES string of the molecule is CCOc1cc(C=O)cc(/C=C/c2cccc(C(C)(C)I)c2)c1. The minimum atomic E-state index is 0.0984. The highest BCUT2D eigenvalue weighted by Crippen LogP contribution is 2.31. The topological polar surface area (TPSA) is 26.3 Å². The van der Waals surface area contributed by atoms with Gasteiger partial charge >= 0.3 is 0 Å². The maximum Gasteiger partial charge on any atom is 0.150 e. The number of hydrogen-bond acceptors (Lipinski definition) is 2. The molecule has 0 bridgehead atoms. The third-order valence-electron chi connectivity index (χ3n) is 3.44. The zero-order valence-corrected chi connectivity index (χ0v) is 15.8. The minimum Gasteiger partial charge on any atom is -0.494 e. The second kappa shape index (κ2) is 7.77. The molecule has 0 spiro atoms. The van der Waals surface area contributed by atoms with Crippen LogP contribution < -0.4 is 4.74 Å². The Bertz CT molecular complexity index is 712. The molecule has 0 fully saturated rings. The first-order valence-corrected chi connectivity index (χ1v) is 8.71. The summed E-state index contributed by atoms with van der Waals surface area (Å²) < 4.78 is 5.61. The summed E-state index contributed by atoms with van der Waals surface area (Å²) >= 11 is 2.44. The van der Waals surface area contributed by atoms with Gasteiger partial charge in [-0.15, -0.1) is 0 Å². The molecule has 2 nitrogen and oxygen atoms in total. The fourth-order valence-corrected chi connectivity index (χ4v) is 2.60. The van der Waals surface area contributed by atoms with Crippen LogP contribution in [0.1, 0.15) is 47.8 Å². The average Bonchev–Trinajstić information content (AvgIpc) is 2.52. The van der Waals surface area contributed by atoms with Crippen molar-refractivity contribution < 1.29 is 9.53 Å².